The zero-order valence-electron chi connectivity index (χ0n) is 26.6. The lowest BCUT2D eigenvalue weighted by Crippen LogP contribution is -2.52. The predicted molar refractivity (Wildman–Crippen MR) is 179 cm³/mol. The van der Waals surface area contributed by atoms with E-state index in [-0.39, 0.29) is 17.3 Å². The highest BCUT2D eigenvalue weighted by atomic mass is 32.2. The first-order valence-corrected chi connectivity index (χ1v) is 17.1. The molecule has 0 spiro atoms. The third-order valence-electron chi connectivity index (χ3n) is 8.80. The van der Waals surface area contributed by atoms with Gasteiger partial charge in [-0.3, -0.25) is 4.90 Å². The normalized spacial score (nSPS) is 16.8. The van der Waals surface area contributed by atoms with Gasteiger partial charge in [-0.25, -0.2) is 22.2 Å². The summed E-state index contributed by atoms with van der Waals surface area (Å²) >= 11 is 0. The monoisotopic (exact) mass is 648 g/mol. The number of carbonyl (C=O) groups excluding carboxylic acids is 1. The van der Waals surface area contributed by atoms with Crippen molar-refractivity contribution in [3.63, 3.8) is 0 Å². The minimum absolute atomic E-state index is 0.0878. The van der Waals surface area contributed by atoms with Crippen molar-refractivity contribution in [2.24, 2.45) is 0 Å². The number of anilines is 5. The fraction of sp³-hybridized carbons (Fsp3) is 0.406. The first-order chi connectivity index (χ1) is 22.1. The van der Waals surface area contributed by atoms with E-state index >= 15 is 0 Å². The first kappa shape index (κ1) is 31.6. The third-order valence-corrected chi connectivity index (χ3v) is 9.82. The van der Waals surface area contributed by atoms with Gasteiger partial charge in [0.2, 0.25) is 16.0 Å². The number of piperazine rings is 1. The largest absolute Gasteiger partial charge is 0.494 e. The second-order valence-corrected chi connectivity index (χ2v) is 13.6. The summed E-state index contributed by atoms with van der Waals surface area (Å²) in [5.41, 5.74) is 2.71. The van der Waals surface area contributed by atoms with Gasteiger partial charge in [0, 0.05) is 74.8 Å². The molecule has 0 atom stereocenters. The number of hydrogen-bond donors (Lipinski definition) is 2. The van der Waals surface area contributed by atoms with Crippen molar-refractivity contribution in [3.8, 4) is 5.75 Å². The molecule has 13 nitrogen and oxygen atoms in total. The molecule has 0 unspecified atom stereocenters. The molecule has 2 aliphatic heterocycles. The van der Waals surface area contributed by atoms with E-state index < -0.39 is 16.0 Å². The summed E-state index contributed by atoms with van der Waals surface area (Å²) in [6.45, 7) is 6.50. The number of piperidine rings is 1. The molecule has 2 aliphatic rings. The number of rotatable bonds is 9. The fourth-order valence-corrected chi connectivity index (χ4v) is 7.06. The standard InChI is InChI=1S/C32H40N8O5S/c1-37-16-18-39(19-17-37)23-11-13-38(14-12-23)24-8-9-26(28(20-24)44-2)35-32-33-21-25(31(41)45-3)30(36-32)34-27-7-5-6-22-10-15-40(29(22)27)46(4,42)43/h5-10,15,20-21,23H,11-14,16-19H2,1-4H3,(H2,33,34,35,36). The maximum atomic E-state index is 12.7. The van der Waals surface area contributed by atoms with Gasteiger partial charge in [-0.05, 0) is 44.2 Å². The van der Waals surface area contributed by atoms with Gasteiger partial charge in [0.25, 0.3) is 0 Å². The highest BCUT2D eigenvalue weighted by Gasteiger charge is 2.27. The molecule has 6 rings (SSSR count). The molecule has 244 valence electrons. The number of hydrogen-bond acceptors (Lipinski definition) is 12. The molecule has 2 fully saturated rings. The van der Waals surface area contributed by atoms with Crippen molar-refractivity contribution < 1.29 is 22.7 Å². The van der Waals surface area contributed by atoms with Crippen molar-refractivity contribution in [1.29, 1.82) is 0 Å². The van der Waals surface area contributed by atoms with Crippen LogP contribution in [0.1, 0.15) is 23.2 Å². The van der Waals surface area contributed by atoms with Crippen LogP contribution in [0, 0.1) is 0 Å². The van der Waals surface area contributed by atoms with Crippen molar-refractivity contribution in [3.05, 3.63) is 60.4 Å². The van der Waals surface area contributed by atoms with E-state index in [0.29, 0.717) is 34.1 Å². The third kappa shape index (κ3) is 6.59. The van der Waals surface area contributed by atoms with Crippen LogP contribution in [0.25, 0.3) is 10.9 Å². The van der Waals surface area contributed by atoms with E-state index in [1.165, 1.54) is 23.5 Å². The van der Waals surface area contributed by atoms with E-state index in [1.54, 1.807) is 25.3 Å². The number of esters is 1. The summed E-state index contributed by atoms with van der Waals surface area (Å²) in [4.78, 5) is 29.0. The Morgan fingerprint density at radius 3 is 2.41 bits per heavy atom. The molecule has 46 heavy (non-hydrogen) atoms. The summed E-state index contributed by atoms with van der Waals surface area (Å²) in [7, 11) is 1.49. The van der Waals surface area contributed by atoms with E-state index in [0.717, 1.165) is 64.1 Å². The van der Waals surface area contributed by atoms with Crippen LogP contribution in [0.5, 0.6) is 5.75 Å². The highest BCUT2D eigenvalue weighted by molar-refractivity contribution is 7.89. The number of benzene rings is 2. The maximum Gasteiger partial charge on any atom is 0.343 e. The lowest BCUT2D eigenvalue weighted by Gasteiger charge is -2.42. The Morgan fingerprint density at radius 1 is 0.957 bits per heavy atom. The number of fused-ring (bicyclic) bond motifs is 1. The van der Waals surface area contributed by atoms with E-state index in [4.69, 9.17) is 9.47 Å². The van der Waals surface area contributed by atoms with Gasteiger partial charge >= 0.3 is 5.97 Å². The van der Waals surface area contributed by atoms with Crippen LogP contribution in [0.2, 0.25) is 0 Å². The number of methoxy groups -OCH3 is 2. The van der Waals surface area contributed by atoms with Gasteiger partial charge in [-0.1, -0.05) is 12.1 Å². The number of nitrogens with zero attached hydrogens (tertiary/aromatic N) is 6. The van der Waals surface area contributed by atoms with Crippen molar-refractivity contribution in [1.82, 2.24) is 23.7 Å². The Balaban J connectivity index is 1.22. The Hall–Kier alpha value is -4.40. The highest BCUT2D eigenvalue weighted by Crippen LogP contribution is 2.34. The van der Waals surface area contributed by atoms with Gasteiger partial charge in [-0.2, -0.15) is 4.98 Å². The molecular formula is C32H40N8O5S. The zero-order valence-corrected chi connectivity index (χ0v) is 27.4. The number of likely N-dealkylation sites (N-methyl/N-ethyl adjacent to an activating group) is 1. The van der Waals surface area contributed by atoms with Crippen molar-refractivity contribution >= 4 is 55.7 Å². The van der Waals surface area contributed by atoms with Gasteiger partial charge in [0.05, 0.1) is 37.4 Å². The Morgan fingerprint density at radius 2 is 1.72 bits per heavy atom. The van der Waals surface area contributed by atoms with Crippen LogP contribution in [-0.2, 0) is 14.8 Å². The topological polar surface area (TPSA) is 134 Å². The molecule has 2 aromatic carbocycles. The van der Waals surface area contributed by atoms with E-state index in [1.807, 2.05) is 18.2 Å². The minimum Gasteiger partial charge on any atom is -0.494 e. The molecule has 4 aromatic rings. The molecule has 14 heteroatoms. The average molecular weight is 649 g/mol. The van der Waals surface area contributed by atoms with Gasteiger partial charge in [-0.15, -0.1) is 0 Å². The van der Waals surface area contributed by atoms with Crippen LogP contribution >= 0.6 is 0 Å². The molecule has 2 aromatic heterocycles. The SMILES string of the molecule is COC(=O)c1cnc(Nc2ccc(N3CCC(N4CCN(C)CC4)CC3)cc2OC)nc1Nc1cccc2ccn(S(C)(=O)=O)c12. The minimum atomic E-state index is -3.59. The maximum absolute atomic E-state index is 12.7. The number of aromatic nitrogens is 3. The summed E-state index contributed by atoms with van der Waals surface area (Å²) < 4.78 is 36.9. The van der Waals surface area contributed by atoms with Crippen LogP contribution in [0.4, 0.5) is 28.8 Å². The van der Waals surface area contributed by atoms with Crippen molar-refractivity contribution in [2.45, 2.75) is 18.9 Å². The summed E-state index contributed by atoms with van der Waals surface area (Å²) in [6, 6.07) is 13.7. The number of carbonyl (C=O) groups is 1. The summed E-state index contributed by atoms with van der Waals surface area (Å²) in [5.74, 6) is 0.347. The molecule has 2 saturated heterocycles. The quantitative estimate of drug-likeness (QED) is 0.256. The molecule has 0 aliphatic carbocycles. The average Bonchev–Trinajstić information content (AvgIpc) is 3.52. The van der Waals surface area contributed by atoms with Gasteiger partial charge < -0.3 is 29.9 Å². The summed E-state index contributed by atoms with van der Waals surface area (Å²) in [6.07, 6.45) is 6.25. The van der Waals surface area contributed by atoms with Crippen LogP contribution in [0.15, 0.2) is 54.9 Å². The first-order valence-electron chi connectivity index (χ1n) is 15.3. The number of para-hydroxylation sites is 1. The molecule has 4 heterocycles. The second kappa shape index (κ2) is 13.1. The smallest absolute Gasteiger partial charge is 0.343 e. The molecule has 2 N–H and O–H groups in total. The molecule has 0 amide bonds. The predicted octanol–water partition coefficient (Wildman–Crippen LogP) is 3.74. The Kier molecular flexibility index (Phi) is 9.02. The molecule has 0 radical (unpaired) electrons. The Labute approximate surface area is 269 Å². The lowest BCUT2D eigenvalue weighted by atomic mass is 10.0. The van der Waals surface area contributed by atoms with E-state index in [9.17, 15) is 13.2 Å². The van der Waals surface area contributed by atoms with Crippen molar-refractivity contribution in [2.75, 3.05) is 82.3 Å². The summed E-state index contributed by atoms with van der Waals surface area (Å²) in [5, 5.41) is 7.06. The molecule has 0 bridgehead atoms. The molecular weight excluding hydrogens is 608 g/mol. The van der Waals surface area contributed by atoms with E-state index in [2.05, 4.69) is 48.4 Å². The van der Waals surface area contributed by atoms with Crippen LogP contribution in [0.3, 0.4) is 0 Å². The van der Waals surface area contributed by atoms with Crippen LogP contribution < -0.4 is 20.3 Å². The number of nitrogens with one attached hydrogen (secondary N) is 2. The van der Waals surface area contributed by atoms with Gasteiger partial charge in [0.1, 0.15) is 11.3 Å². The molecule has 0 saturated carbocycles. The second-order valence-electron chi connectivity index (χ2n) is 11.8. The zero-order chi connectivity index (χ0) is 32.4. The Bertz CT molecular complexity index is 1830. The fourth-order valence-electron chi connectivity index (χ4n) is 6.24. The number of ether oxygens (including phenoxy) is 2. The van der Waals surface area contributed by atoms with Crippen LogP contribution in [-0.4, -0.2) is 111 Å². The lowest BCUT2D eigenvalue weighted by molar-refractivity contribution is 0.0601. The van der Waals surface area contributed by atoms with Gasteiger partial charge in [0.15, 0.2) is 5.82 Å².